The highest BCUT2D eigenvalue weighted by molar-refractivity contribution is 5.41. The number of nitrogens with two attached hydrogens (primary N) is 1. The fourth-order valence-electron chi connectivity index (χ4n) is 1.65. The van der Waals surface area contributed by atoms with E-state index in [9.17, 15) is 13.2 Å². The van der Waals surface area contributed by atoms with Gasteiger partial charge in [0.25, 0.3) is 0 Å². The van der Waals surface area contributed by atoms with Gasteiger partial charge in [-0.1, -0.05) is 18.2 Å². The second kappa shape index (κ2) is 5.22. The second-order valence-electron chi connectivity index (χ2n) is 4.01. The predicted molar refractivity (Wildman–Crippen MR) is 66.6 cm³/mol. The van der Waals surface area contributed by atoms with Crippen molar-refractivity contribution in [2.45, 2.75) is 12.8 Å². The van der Waals surface area contributed by atoms with Crippen molar-refractivity contribution < 1.29 is 17.9 Å². The molecule has 0 aliphatic carbocycles. The van der Waals surface area contributed by atoms with Crippen LogP contribution < -0.4 is 10.5 Å². The smallest absolute Gasteiger partial charge is 0.416 e. The Kier molecular flexibility index (Phi) is 3.64. The Morgan fingerprint density at radius 1 is 0.947 bits per heavy atom. The van der Waals surface area contributed by atoms with Gasteiger partial charge in [0.2, 0.25) is 0 Å². The predicted octanol–water partition coefficient (Wildman–Crippen LogP) is 3.87. The van der Waals surface area contributed by atoms with Crippen LogP contribution in [-0.2, 0) is 12.8 Å². The first-order chi connectivity index (χ1) is 8.97. The zero-order chi connectivity index (χ0) is 13.9. The Morgan fingerprint density at radius 3 is 2.21 bits per heavy atom. The van der Waals surface area contributed by atoms with E-state index < -0.39 is 11.7 Å². The zero-order valence-corrected chi connectivity index (χ0v) is 9.95. The highest BCUT2D eigenvalue weighted by Crippen LogP contribution is 2.32. The Balaban J connectivity index is 2.14. The molecule has 2 N–H and O–H groups in total. The van der Waals surface area contributed by atoms with Gasteiger partial charge in [-0.15, -0.1) is 0 Å². The van der Waals surface area contributed by atoms with Gasteiger partial charge in [-0.3, -0.25) is 0 Å². The fourth-order valence-corrected chi connectivity index (χ4v) is 1.65. The van der Waals surface area contributed by atoms with E-state index in [0.29, 0.717) is 11.4 Å². The normalized spacial score (nSPS) is 11.3. The molecule has 0 aromatic heterocycles. The molecule has 2 nitrogen and oxygen atoms in total. The fraction of sp³-hybridized carbons (Fsp3) is 0.143. The van der Waals surface area contributed by atoms with E-state index in [1.807, 2.05) is 0 Å². The summed E-state index contributed by atoms with van der Waals surface area (Å²) in [5, 5.41) is 0. The molecule has 5 heteroatoms. The summed E-state index contributed by atoms with van der Waals surface area (Å²) in [5.41, 5.74) is 5.51. The average molecular weight is 267 g/mol. The number of rotatable bonds is 3. The highest BCUT2D eigenvalue weighted by Gasteiger charge is 2.32. The summed E-state index contributed by atoms with van der Waals surface area (Å²) in [6.45, 7) is -0.139. The van der Waals surface area contributed by atoms with Crippen molar-refractivity contribution in [3.8, 4) is 5.75 Å². The molecule has 0 saturated carbocycles. The molecule has 19 heavy (non-hydrogen) atoms. The highest BCUT2D eigenvalue weighted by atomic mass is 19.4. The number of hydrogen-bond acceptors (Lipinski definition) is 2. The van der Waals surface area contributed by atoms with Gasteiger partial charge in [0.05, 0.1) is 5.56 Å². The summed E-state index contributed by atoms with van der Waals surface area (Å²) in [6, 6.07) is 11.8. The van der Waals surface area contributed by atoms with Gasteiger partial charge in [-0.05, 0) is 30.3 Å². The Hall–Kier alpha value is -2.17. The van der Waals surface area contributed by atoms with Crippen LogP contribution in [0.4, 0.5) is 18.9 Å². The lowest BCUT2D eigenvalue weighted by Gasteiger charge is -2.13. The van der Waals surface area contributed by atoms with E-state index in [-0.39, 0.29) is 12.2 Å². The molecule has 0 amide bonds. The largest absolute Gasteiger partial charge is 0.489 e. The van der Waals surface area contributed by atoms with Crippen molar-refractivity contribution in [2.75, 3.05) is 5.73 Å². The summed E-state index contributed by atoms with van der Waals surface area (Å²) in [6.07, 6.45) is -4.37. The molecular weight excluding hydrogens is 255 g/mol. The Bertz CT molecular complexity index is 549. The van der Waals surface area contributed by atoms with Gasteiger partial charge in [0, 0.05) is 11.3 Å². The first-order valence-electron chi connectivity index (χ1n) is 5.60. The van der Waals surface area contributed by atoms with E-state index in [1.165, 1.54) is 12.1 Å². The van der Waals surface area contributed by atoms with Crippen LogP contribution in [0, 0.1) is 0 Å². The van der Waals surface area contributed by atoms with Crippen LogP contribution in [0.1, 0.15) is 11.1 Å². The number of hydrogen-bond donors (Lipinski definition) is 1. The van der Waals surface area contributed by atoms with Gasteiger partial charge in [0.1, 0.15) is 12.4 Å². The van der Waals surface area contributed by atoms with E-state index in [0.717, 1.165) is 6.07 Å². The van der Waals surface area contributed by atoms with Crippen LogP contribution in [0.25, 0.3) is 0 Å². The molecule has 0 bridgehead atoms. The molecule has 2 aromatic rings. The Labute approximate surface area is 108 Å². The number of alkyl halides is 3. The molecule has 100 valence electrons. The number of ether oxygens (including phenoxy) is 1. The van der Waals surface area contributed by atoms with Crippen LogP contribution in [0.2, 0.25) is 0 Å². The van der Waals surface area contributed by atoms with Crippen LogP contribution in [0.3, 0.4) is 0 Å². The van der Waals surface area contributed by atoms with Gasteiger partial charge >= 0.3 is 6.18 Å². The maximum atomic E-state index is 12.8. The monoisotopic (exact) mass is 267 g/mol. The lowest BCUT2D eigenvalue weighted by atomic mass is 10.1. The van der Waals surface area contributed by atoms with Gasteiger partial charge in [0.15, 0.2) is 0 Å². The maximum absolute atomic E-state index is 12.8. The quantitative estimate of drug-likeness (QED) is 0.857. The summed E-state index contributed by atoms with van der Waals surface area (Å²) >= 11 is 0. The minimum atomic E-state index is -4.37. The van der Waals surface area contributed by atoms with Crippen LogP contribution in [0.5, 0.6) is 5.75 Å². The summed E-state index contributed by atoms with van der Waals surface area (Å²) in [5.74, 6) is 0.478. The number of halogens is 3. The first-order valence-corrected chi connectivity index (χ1v) is 5.60. The van der Waals surface area contributed by atoms with Gasteiger partial charge < -0.3 is 10.5 Å². The van der Waals surface area contributed by atoms with Crippen molar-refractivity contribution >= 4 is 5.69 Å². The zero-order valence-electron chi connectivity index (χ0n) is 9.95. The lowest BCUT2D eigenvalue weighted by Crippen LogP contribution is -2.10. The van der Waals surface area contributed by atoms with E-state index in [4.69, 9.17) is 10.5 Å². The SMILES string of the molecule is Nc1ccc(OCc2ccccc2C(F)(F)F)cc1. The maximum Gasteiger partial charge on any atom is 0.416 e. The molecule has 0 unspecified atom stereocenters. The summed E-state index contributed by atoms with van der Waals surface area (Å²) in [4.78, 5) is 0. The minimum absolute atomic E-state index is 0.104. The number of nitrogen functional groups attached to an aromatic ring is 1. The second-order valence-corrected chi connectivity index (χ2v) is 4.01. The topological polar surface area (TPSA) is 35.2 Å². The van der Waals surface area contributed by atoms with Crippen molar-refractivity contribution in [2.24, 2.45) is 0 Å². The van der Waals surface area contributed by atoms with E-state index in [1.54, 1.807) is 30.3 Å². The molecular formula is C14H12F3NO. The minimum Gasteiger partial charge on any atom is -0.489 e. The van der Waals surface area contributed by atoms with E-state index >= 15 is 0 Å². The lowest BCUT2D eigenvalue weighted by molar-refractivity contribution is -0.138. The summed E-state index contributed by atoms with van der Waals surface area (Å²) in [7, 11) is 0. The molecule has 0 saturated heterocycles. The molecule has 0 spiro atoms. The standard InChI is InChI=1S/C14H12F3NO/c15-14(16,17)13-4-2-1-3-10(13)9-19-12-7-5-11(18)6-8-12/h1-8H,9,18H2. The third kappa shape index (κ3) is 3.40. The van der Waals surface area contributed by atoms with Crippen molar-refractivity contribution in [3.63, 3.8) is 0 Å². The van der Waals surface area contributed by atoms with Gasteiger partial charge in [-0.2, -0.15) is 13.2 Å². The molecule has 0 aliphatic heterocycles. The van der Waals surface area contributed by atoms with Crippen molar-refractivity contribution in [1.29, 1.82) is 0 Å². The molecule has 0 fully saturated rings. The van der Waals surface area contributed by atoms with Crippen LogP contribution >= 0.6 is 0 Å². The van der Waals surface area contributed by atoms with Gasteiger partial charge in [-0.25, -0.2) is 0 Å². The molecule has 2 rings (SSSR count). The van der Waals surface area contributed by atoms with Crippen molar-refractivity contribution in [1.82, 2.24) is 0 Å². The third-order valence-electron chi connectivity index (χ3n) is 2.60. The van der Waals surface area contributed by atoms with Crippen molar-refractivity contribution in [3.05, 3.63) is 59.7 Å². The molecule has 2 aromatic carbocycles. The summed E-state index contributed by atoms with van der Waals surface area (Å²) < 4.78 is 43.6. The van der Waals surface area contributed by atoms with Crippen LogP contribution in [0.15, 0.2) is 48.5 Å². The Morgan fingerprint density at radius 2 is 1.58 bits per heavy atom. The molecule has 0 atom stereocenters. The first kappa shape index (κ1) is 13.3. The van der Waals surface area contributed by atoms with Crippen LogP contribution in [-0.4, -0.2) is 0 Å². The van der Waals surface area contributed by atoms with E-state index in [2.05, 4.69) is 0 Å². The average Bonchev–Trinajstić information content (AvgIpc) is 2.37. The molecule has 0 heterocycles. The third-order valence-corrected chi connectivity index (χ3v) is 2.60. The number of anilines is 1. The molecule has 0 aliphatic rings. The number of benzene rings is 2. The molecule has 0 radical (unpaired) electrons.